The van der Waals surface area contributed by atoms with Gasteiger partial charge in [-0.25, -0.2) is 4.98 Å². The Morgan fingerprint density at radius 2 is 1.88 bits per heavy atom. The van der Waals surface area contributed by atoms with Gasteiger partial charge in [-0.3, -0.25) is 9.59 Å². The molecule has 1 aliphatic heterocycles. The molecule has 1 aromatic carbocycles. The van der Waals surface area contributed by atoms with Gasteiger partial charge in [-0.05, 0) is 70.2 Å². The van der Waals surface area contributed by atoms with E-state index in [-0.39, 0.29) is 17.9 Å². The number of nitrogens with one attached hydrogen (secondary N) is 2. The number of carbonyl (C=O) groups is 2. The first-order valence-corrected chi connectivity index (χ1v) is 9.15. The van der Waals surface area contributed by atoms with Crippen LogP contribution in [0.1, 0.15) is 64.6 Å². The topological polar surface area (TPSA) is 76.0 Å². The van der Waals surface area contributed by atoms with Crippen LogP contribution < -0.4 is 10.6 Å². The fourth-order valence-electron chi connectivity index (χ4n) is 3.23. The Morgan fingerprint density at radius 1 is 1.12 bits per heavy atom. The van der Waals surface area contributed by atoms with Crippen molar-refractivity contribution in [2.24, 2.45) is 0 Å². The molecule has 1 aliphatic rings. The summed E-state index contributed by atoms with van der Waals surface area (Å²) in [4.78, 5) is 29.7. The maximum atomic E-state index is 12.8. The minimum Gasteiger partial charge on any atom is -0.348 e. The smallest absolute Gasteiger partial charge is 0.291 e. The van der Waals surface area contributed by atoms with Crippen LogP contribution in [0.15, 0.2) is 18.2 Å². The van der Waals surface area contributed by atoms with E-state index in [9.17, 15) is 9.59 Å². The average molecular weight is 354 g/mol. The summed E-state index contributed by atoms with van der Waals surface area (Å²) in [5, 5.41) is 5.79. The van der Waals surface area contributed by atoms with Crippen molar-refractivity contribution in [1.82, 2.24) is 14.9 Å². The van der Waals surface area contributed by atoms with E-state index in [0.717, 1.165) is 36.2 Å². The highest BCUT2D eigenvalue weighted by Gasteiger charge is 2.27. The summed E-state index contributed by atoms with van der Waals surface area (Å²) < 4.78 is 1.90. The van der Waals surface area contributed by atoms with E-state index in [1.165, 1.54) is 5.56 Å². The van der Waals surface area contributed by atoms with E-state index in [0.29, 0.717) is 18.1 Å². The molecule has 2 amide bonds. The van der Waals surface area contributed by atoms with Crippen molar-refractivity contribution in [3.63, 3.8) is 0 Å². The van der Waals surface area contributed by atoms with E-state index in [1.54, 1.807) is 0 Å². The Balaban J connectivity index is 1.91. The Labute approximate surface area is 154 Å². The van der Waals surface area contributed by atoms with Crippen LogP contribution in [0.25, 0.3) is 0 Å². The van der Waals surface area contributed by atoms with E-state index in [1.807, 2.05) is 50.5 Å². The van der Waals surface area contributed by atoms with Crippen LogP contribution in [0.4, 0.5) is 5.69 Å². The average Bonchev–Trinajstić information content (AvgIpc) is 2.97. The lowest BCUT2D eigenvalue weighted by Crippen LogP contribution is -2.31. The number of amides is 2. The van der Waals surface area contributed by atoms with Gasteiger partial charge in [0.2, 0.25) is 0 Å². The van der Waals surface area contributed by atoms with Gasteiger partial charge in [0.15, 0.2) is 5.82 Å². The summed E-state index contributed by atoms with van der Waals surface area (Å²) >= 11 is 0. The minimum atomic E-state index is -0.278. The largest absolute Gasteiger partial charge is 0.348 e. The summed E-state index contributed by atoms with van der Waals surface area (Å²) in [5.74, 6) is -0.178. The summed E-state index contributed by atoms with van der Waals surface area (Å²) in [6.45, 7) is 8.58. The molecule has 2 N–H and O–H groups in total. The molecule has 6 nitrogen and oxygen atoms in total. The highest BCUT2D eigenvalue weighted by atomic mass is 16.2. The second kappa shape index (κ2) is 7.32. The molecule has 0 bridgehead atoms. The second-order valence-electron chi connectivity index (χ2n) is 7.22. The maximum absolute atomic E-state index is 12.8. The highest BCUT2D eigenvalue weighted by molar-refractivity contribution is 6.03. The number of nitrogens with zero attached hydrogens (tertiary/aromatic N) is 2. The van der Waals surface area contributed by atoms with Gasteiger partial charge in [0.1, 0.15) is 5.69 Å². The lowest BCUT2D eigenvalue weighted by Gasteiger charge is -2.17. The molecule has 0 unspecified atom stereocenters. The van der Waals surface area contributed by atoms with E-state index in [2.05, 4.69) is 15.6 Å². The molecule has 1 aromatic heterocycles. The summed E-state index contributed by atoms with van der Waals surface area (Å²) in [6, 6.07) is 5.83. The summed E-state index contributed by atoms with van der Waals surface area (Å²) in [7, 11) is 0. The number of hydrogen-bond acceptors (Lipinski definition) is 3. The monoisotopic (exact) mass is 354 g/mol. The first kappa shape index (κ1) is 18.2. The molecule has 6 heteroatoms. The zero-order chi connectivity index (χ0) is 18.8. The van der Waals surface area contributed by atoms with Gasteiger partial charge in [-0.15, -0.1) is 0 Å². The Kier molecular flexibility index (Phi) is 5.11. The first-order chi connectivity index (χ1) is 12.4. The van der Waals surface area contributed by atoms with Crippen LogP contribution in [0, 0.1) is 13.8 Å². The number of anilines is 1. The second-order valence-corrected chi connectivity index (χ2v) is 7.22. The van der Waals surface area contributed by atoms with Gasteiger partial charge >= 0.3 is 0 Å². The van der Waals surface area contributed by atoms with Gasteiger partial charge in [0.25, 0.3) is 11.8 Å². The third-order valence-corrected chi connectivity index (χ3v) is 4.72. The van der Waals surface area contributed by atoms with E-state index < -0.39 is 0 Å². The molecule has 0 radical (unpaired) electrons. The van der Waals surface area contributed by atoms with Crippen molar-refractivity contribution in [2.45, 2.75) is 59.5 Å². The Morgan fingerprint density at radius 3 is 2.58 bits per heavy atom. The molecular formula is C20H26N4O2. The molecule has 0 fully saturated rings. The lowest BCUT2D eigenvalue weighted by molar-refractivity contribution is 0.0937. The number of benzene rings is 1. The minimum absolute atomic E-state index is 0.0243. The molecule has 3 rings (SSSR count). The quantitative estimate of drug-likeness (QED) is 0.885. The number of hydrogen-bond donors (Lipinski definition) is 2. The van der Waals surface area contributed by atoms with Crippen molar-refractivity contribution in [2.75, 3.05) is 5.32 Å². The van der Waals surface area contributed by atoms with Crippen LogP contribution in [0.5, 0.6) is 0 Å². The fourth-order valence-corrected chi connectivity index (χ4v) is 3.23. The number of carbonyl (C=O) groups excluding carboxylic acids is 2. The van der Waals surface area contributed by atoms with Gasteiger partial charge in [0.05, 0.1) is 5.69 Å². The van der Waals surface area contributed by atoms with Crippen LogP contribution in [-0.4, -0.2) is 27.4 Å². The Hall–Kier alpha value is -2.63. The molecule has 2 aromatic rings. The molecule has 26 heavy (non-hydrogen) atoms. The van der Waals surface area contributed by atoms with Gasteiger partial charge in [0, 0.05) is 18.3 Å². The van der Waals surface area contributed by atoms with Gasteiger partial charge in [-0.2, -0.15) is 0 Å². The van der Waals surface area contributed by atoms with Crippen molar-refractivity contribution in [1.29, 1.82) is 0 Å². The molecule has 0 saturated carbocycles. The molecule has 0 saturated heterocycles. The van der Waals surface area contributed by atoms with Gasteiger partial charge < -0.3 is 15.2 Å². The fraction of sp³-hybridized carbons (Fsp3) is 0.450. The number of fused-ring (bicyclic) bond motifs is 1. The van der Waals surface area contributed by atoms with Crippen molar-refractivity contribution in [3.8, 4) is 0 Å². The molecule has 0 spiro atoms. The number of aromatic nitrogens is 2. The van der Waals surface area contributed by atoms with Crippen LogP contribution >= 0.6 is 0 Å². The standard InChI is InChI=1S/C20H26N4O2/c1-12(2)21-19(25)17-16-7-5-6-10-24(16)18(23-17)20(26)22-15-9-8-13(3)14(4)11-15/h8-9,11-12H,5-7,10H2,1-4H3,(H,21,25)(H,22,26). The number of imidazole rings is 1. The van der Waals surface area contributed by atoms with Crippen molar-refractivity contribution >= 4 is 17.5 Å². The number of aryl methyl sites for hydroxylation is 2. The van der Waals surface area contributed by atoms with Crippen LogP contribution in [0.2, 0.25) is 0 Å². The Bertz CT molecular complexity index is 852. The molecule has 0 aliphatic carbocycles. The van der Waals surface area contributed by atoms with Crippen molar-refractivity contribution in [3.05, 3.63) is 46.5 Å². The lowest BCUT2D eigenvalue weighted by atomic mass is 10.1. The summed E-state index contributed by atoms with van der Waals surface area (Å²) in [6.07, 6.45) is 2.76. The molecule has 138 valence electrons. The normalized spacial score (nSPS) is 13.4. The predicted octanol–water partition coefficient (Wildman–Crippen LogP) is 3.23. The third kappa shape index (κ3) is 3.64. The van der Waals surface area contributed by atoms with Crippen LogP contribution in [0.3, 0.4) is 0 Å². The molecule has 0 atom stereocenters. The van der Waals surface area contributed by atoms with Crippen LogP contribution in [-0.2, 0) is 13.0 Å². The zero-order valence-electron chi connectivity index (χ0n) is 15.8. The zero-order valence-corrected chi connectivity index (χ0v) is 15.8. The summed E-state index contributed by atoms with van der Waals surface area (Å²) in [5.41, 5.74) is 4.27. The highest BCUT2D eigenvalue weighted by Crippen LogP contribution is 2.22. The van der Waals surface area contributed by atoms with Crippen molar-refractivity contribution < 1.29 is 9.59 Å². The third-order valence-electron chi connectivity index (χ3n) is 4.72. The van der Waals surface area contributed by atoms with E-state index >= 15 is 0 Å². The number of rotatable bonds is 4. The predicted molar refractivity (Wildman–Crippen MR) is 102 cm³/mol. The molecular weight excluding hydrogens is 328 g/mol. The molecule has 2 heterocycles. The van der Waals surface area contributed by atoms with Gasteiger partial charge in [-0.1, -0.05) is 6.07 Å². The first-order valence-electron chi connectivity index (χ1n) is 9.15. The maximum Gasteiger partial charge on any atom is 0.291 e. The SMILES string of the molecule is Cc1ccc(NC(=O)c2nc(C(=O)NC(C)C)c3n2CCCC3)cc1C. The van der Waals surface area contributed by atoms with E-state index in [4.69, 9.17) is 0 Å².